The number of halogens is 1. The Hall–Kier alpha value is -3.53. The van der Waals surface area contributed by atoms with E-state index in [2.05, 4.69) is 10.2 Å². The maximum absolute atomic E-state index is 14.0. The molecule has 2 heterocycles. The van der Waals surface area contributed by atoms with Gasteiger partial charge >= 0.3 is 6.17 Å². The fourth-order valence-electron chi connectivity index (χ4n) is 5.71. The summed E-state index contributed by atoms with van der Waals surface area (Å²) < 4.78 is 13.3. The number of carbonyl (C=O) groups excluding carboxylic acids is 3. The number of carbonyl (C=O) groups is 3. The van der Waals surface area contributed by atoms with E-state index in [0.717, 1.165) is 16.8 Å². The Morgan fingerprint density at radius 3 is 2.51 bits per heavy atom. The molecule has 2 aliphatic heterocycles. The van der Waals surface area contributed by atoms with Crippen LogP contribution in [-0.2, 0) is 26.2 Å². The second-order valence-corrected chi connectivity index (χ2v) is 11.7. The van der Waals surface area contributed by atoms with Crippen LogP contribution in [0.25, 0.3) is 4.85 Å². The number of Topliss-reactive ketones (excluding diaryl/α,β-unsaturated/α-hetero) is 1. The predicted molar refractivity (Wildman–Crippen MR) is 140 cm³/mol. The van der Waals surface area contributed by atoms with Crippen molar-refractivity contribution in [2.75, 3.05) is 11.9 Å². The van der Waals surface area contributed by atoms with Gasteiger partial charge in [0.05, 0.1) is 6.42 Å². The van der Waals surface area contributed by atoms with E-state index in [9.17, 15) is 18.8 Å². The van der Waals surface area contributed by atoms with Crippen molar-refractivity contribution in [1.29, 1.82) is 0 Å². The maximum Gasteiger partial charge on any atom is 0.302 e. The smallest absolute Gasteiger partial charge is 0.302 e. The molecule has 6 nitrogen and oxygen atoms in total. The van der Waals surface area contributed by atoms with E-state index in [-0.39, 0.29) is 54.1 Å². The van der Waals surface area contributed by atoms with Gasteiger partial charge in [-0.15, -0.1) is 0 Å². The molecule has 1 fully saturated rings. The third-order valence-corrected chi connectivity index (χ3v) is 7.55. The van der Waals surface area contributed by atoms with Crippen LogP contribution in [0.1, 0.15) is 58.1 Å². The molecule has 1 N–H and O–H groups in total. The first kappa shape index (κ1) is 26.5. The summed E-state index contributed by atoms with van der Waals surface area (Å²) >= 11 is 0. The molecule has 4 rings (SSSR count). The number of nitrogens with zero attached hydrogens (tertiary/aromatic N) is 2. The molecule has 194 valence electrons. The normalized spacial score (nSPS) is 22.3. The van der Waals surface area contributed by atoms with Gasteiger partial charge < -0.3 is 5.32 Å². The molecular formula is C30H34FN3O3. The monoisotopic (exact) mass is 503 g/mol. The predicted octanol–water partition coefficient (Wildman–Crippen LogP) is 5.38. The Labute approximate surface area is 218 Å². The molecule has 4 atom stereocenters. The Bertz CT molecular complexity index is 1240. The first-order chi connectivity index (χ1) is 17.4. The topological polar surface area (TPSA) is 70.8 Å². The summed E-state index contributed by atoms with van der Waals surface area (Å²) in [7, 11) is 0. The molecule has 1 saturated heterocycles. The van der Waals surface area contributed by atoms with Gasteiger partial charge in [-0.05, 0) is 47.6 Å². The van der Waals surface area contributed by atoms with Crippen molar-refractivity contribution < 1.29 is 18.8 Å². The van der Waals surface area contributed by atoms with Crippen molar-refractivity contribution >= 4 is 23.3 Å². The largest absolute Gasteiger partial charge is 0.325 e. The fourth-order valence-corrected chi connectivity index (χ4v) is 5.71. The molecule has 37 heavy (non-hydrogen) atoms. The Kier molecular flexibility index (Phi) is 7.23. The van der Waals surface area contributed by atoms with Crippen LogP contribution in [0.2, 0.25) is 0 Å². The zero-order valence-electron chi connectivity index (χ0n) is 21.9. The first-order valence-electron chi connectivity index (χ1n) is 12.8. The minimum absolute atomic E-state index is 0.0378. The van der Waals surface area contributed by atoms with Crippen LogP contribution in [0.3, 0.4) is 0 Å². The third kappa shape index (κ3) is 5.44. The van der Waals surface area contributed by atoms with Gasteiger partial charge in [0.2, 0.25) is 11.8 Å². The number of para-hydroxylation sites is 1. The Balaban J connectivity index is 1.55. The number of fused-ring (bicyclic) bond motifs is 2. The maximum atomic E-state index is 14.0. The highest BCUT2D eigenvalue weighted by Gasteiger charge is 2.59. The summed E-state index contributed by atoms with van der Waals surface area (Å²) in [5.74, 6) is -1.72. The number of nitrogens with one attached hydrogen (secondary N) is 1. The van der Waals surface area contributed by atoms with Crippen LogP contribution < -0.4 is 5.32 Å². The highest BCUT2D eigenvalue weighted by Crippen LogP contribution is 2.47. The number of likely N-dealkylation sites (tertiary alicyclic amines) is 1. The Morgan fingerprint density at radius 2 is 1.86 bits per heavy atom. The molecule has 1 spiro atoms. The highest BCUT2D eigenvalue weighted by atomic mass is 19.1. The number of amides is 2. The van der Waals surface area contributed by atoms with Crippen LogP contribution in [0.5, 0.6) is 0 Å². The quantitative estimate of drug-likeness (QED) is 0.516. The lowest BCUT2D eigenvalue weighted by Gasteiger charge is -2.29. The van der Waals surface area contributed by atoms with Crippen LogP contribution in [0.15, 0.2) is 48.5 Å². The number of benzene rings is 2. The lowest BCUT2D eigenvalue weighted by molar-refractivity contribution is -0.140. The van der Waals surface area contributed by atoms with Gasteiger partial charge in [0, 0.05) is 30.5 Å². The third-order valence-electron chi connectivity index (χ3n) is 7.55. The number of anilines is 1. The average Bonchev–Trinajstić information content (AvgIpc) is 3.37. The van der Waals surface area contributed by atoms with E-state index in [1.165, 1.54) is 17.0 Å². The van der Waals surface area contributed by atoms with Gasteiger partial charge in [-0.2, -0.15) is 0 Å². The van der Waals surface area contributed by atoms with Crippen LogP contribution in [-0.4, -0.2) is 35.2 Å². The molecular weight excluding hydrogens is 469 g/mol. The molecule has 2 amide bonds. The first-order valence-corrected chi connectivity index (χ1v) is 12.8. The summed E-state index contributed by atoms with van der Waals surface area (Å²) in [6.45, 7) is 15.8. The van der Waals surface area contributed by atoms with Crippen molar-refractivity contribution in [3.8, 4) is 0 Å². The average molecular weight is 504 g/mol. The van der Waals surface area contributed by atoms with Crippen molar-refractivity contribution in [2.45, 2.75) is 65.0 Å². The van der Waals surface area contributed by atoms with Crippen molar-refractivity contribution in [1.82, 2.24) is 4.90 Å². The van der Waals surface area contributed by atoms with Crippen molar-refractivity contribution in [3.63, 3.8) is 0 Å². The van der Waals surface area contributed by atoms with Gasteiger partial charge in [0.15, 0.2) is 0 Å². The molecule has 0 bridgehead atoms. The molecule has 0 unspecified atom stereocenters. The van der Waals surface area contributed by atoms with Crippen LogP contribution in [0.4, 0.5) is 10.1 Å². The number of rotatable bonds is 7. The summed E-state index contributed by atoms with van der Waals surface area (Å²) in [5.41, 5.74) is 1.24. The summed E-state index contributed by atoms with van der Waals surface area (Å²) in [4.78, 5) is 45.6. The van der Waals surface area contributed by atoms with Crippen LogP contribution >= 0.6 is 0 Å². The van der Waals surface area contributed by atoms with E-state index >= 15 is 0 Å². The standard InChI is InChI=1S/C30H34FN3O3/c1-19(14-20-10-12-22(31)13-11-20)25(35)15-21(16-29(2,3)4)27(36)34-18-30(17-26(34)32-5)23-8-6-7-9-24(23)33-28(30)37/h6-13,19,21,26H,14-18H2,1-4H3,(H,33,37)/t19-,21-,26-,30-/m0/s1. The highest BCUT2D eigenvalue weighted by molar-refractivity contribution is 6.07. The Morgan fingerprint density at radius 1 is 1.19 bits per heavy atom. The zero-order chi connectivity index (χ0) is 27.0. The second kappa shape index (κ2) is 10.1. The van der Waals surface area contributed by atoms with Gasteiger partial charge in [0.25, 0.3) is 0 Å². The molecule has 0 radical (unpaired) electrons. The van der Waals surface area contributed by atoms with E-state index in [0.29, 0.717) is 12.8 Å². The zero-order valence-corrected chi connectivity index (χ0v) is 21.9. The summed E-state index contributed by atoms with van der Waals surface area (Å²) in [5, 5.41) is 2.92. The molecule has 2 aromatic carbocycles. The van der Waals surface area contributed by atoms with Gasteiger partial charge in [0.1, 0.15) is 17.0 Å². The lowest BCUT2D eigenvalue weighted by atomic mass is 9.79. The number of ketones is 1. The van der Waals surface area contributed by atoms with E-state index < -0.39 is 17.5 Å². The number of hydrogen-bond acceptors (Lipinski definition) is 3. The lowest BCUT2D eigenvalue weighted by Crippen LogP contribution is -2.43. The molecule has 0 aliphatic carbocycles. The van der Waals surface area contributed by atoms with E-state index in [4.69, 9.17) is 6.57 Å². The fraction of sp³-hybridized carbons (Fsp3) is 0.467. The summed E-state index contributed by atoms with van der Waals surface area (Å²) in [6, 6.07) is 13.5. The minimum Gasteiger partial charge on any atom is -0.325 e. The number of hydrogen-bond donors (Lipinski definition) is 1. The van der Waals surface area contributed by atoms with Gasteiger partial charge in [-0.1, -0.05) is 58.0 Å². The van der Waals surface area contributed by atoms with Crippen molar-refractivity contribution in [2.24, 2.45) is 17.3 Å². The minimum atomic E-state index is -0.951. The molecule has 0 saturated carbocycles. The van der Waals surface area contributed by atoms with E-state index in [1.807, 2.05) is 52.0 Å². The molecule has 2 aromatic rings. The molecule has 7 heteroatoms. The molecule has 2 aliphatic rings. The SMILES string of the molecule is [C-]#[N+][C@@H]1C[C@@]2(CN1C(=O)[C@@H](CC(=O)[C@@H](C)Cc1ccc(F)cc1)CC(C)(C)C)C(=O)Nc1ccccc12. The second-order valence-electron chi connectivity index (χ2n) is 11.7. The van der Waals surface area contributed by atoms with E-state index in [1.54, 1.807) is 12.1 Å². The summed E-state index contributed by atoms with van der Waals surface area (Å²) in [6.07, 6.45) is 0.484. The van der Waals surface area contributed by atoms with Gasteiger partial charge in [-0.25, -0.2) is 11.0 Å². The van der Waals surface area contributed by atoms with Crippen LogP contribution in [0, 0.1) is 29.6 Å². The van der Waals surface area contributed by atoms with Gasteiger partial charge in [-0.3, -0.25) is 24.1 Å². The molecule has 0 aromatic heterocycles. The van der Waals surface area contributed by atoms with Crippen molar-refractivity contribution in [3.05, 3.63) is 76.9 Å².